The lowest BCUT2D eigenvalue weighted by Crippen LogP contribution is -2.09. The lowest BCUT2D eigenvalue weighted by Gasteiger charge is -1.97. The summed E-state index contributed by atoms with van der Waals surface area (Å²) >= 11 is 2.72. The van der Waals surface area contributed by atoms with Gasteiger partial charge in [0.1, 0.15) is 0 Å². The van der Waals surface area contributed by atoms with Crippen molar-refractivity contribution >= 4 is 49.5 Å². The molecule has 22 heavy (non-hydrogen) atoms. The summed E-state index contributed by atoms with van der Waals surface area (Å²) in [6, 6.07) is 6.23. The van der Waals surface area contributed by atoms with Crippen LogP contribution in [0.2, 0.25) is 0 Å². The van der Waals surface area contributed by atoms with E-state index in [-0.39, 0.29) is 11.6 Å². The maximum absolute atomic E-state index is 12.3. The Hall–Kier alpha value is -2.32. The summed E-state index contributed by atoms with van der Waals surface area (Å²) < 4.78 is 0.835. The van der Waals surface area contributed by atoms with E-state index < -0.39 is 4.92 Å². The number of fused-ring (bicyclic) bond motifs is 1. The number of non-ortho nitro benzene ring substituents is 1. The molecular formula is C14H11N3O3S2. The van der Waals surface area contributed by atoms with Crippen molar-refractivity contribution in [3.63, 3.8) is 0 Å². The molecule has 112 valence electrons. The molecule has 8 heteroatoms. The van der Waals surface area contributed by atoms with Gasteiger partial charge in [0.2, 0.25) is 0 Å². The number of nitrogens with one attached hydrogen (secondary N) is 1. The number of carbonyl (C=O) groups excluding carboxylic acids is 1. The Morgan fingerprint density at radius 1 is 1.27 bits per heavy atom. The summed E-state index contributed by atoms with van der Waals surface area (Å²) in [6.45, 7) is 3.83. The van der Waals surface area contributed by atoms with Crippen LogP contribution in [0, 0.1) is 24.0 Å². The van der Waals surface area contributed by atoms with E-state index in [9.17, 15) is 14.9 Å². The van der Waals surface area contributed by atoms with Crippen molar-refractivity contribution < 1.29 is 9.72 Å². The van der Waals surface area contributed by atoms with Crippen molar-refractivity contribution in [2.75, 3.05) is 5.32 Å². The number of anilines is 1. The maximum atomic E-state index is 12.3. The molecule has 0 unspecified atom stereocenters. The van der Waals surface area contributed by atoms with Crippen LogP contribution in [-0.4, -0.2) is 15.8 Å². The molecule has 1 N–H and O–H groups in total. The largest absolute Gasteiger partial charge is 0.297 e. The van der Waals surface area contributed by atoms with Gasteiger partial charge in [-0.2, -0.15) is 0 Å². The number of rotatable bonds is 3. The lowest BCUT2D eigenvalue weighted by atomic mass is 10.2. The molecule has 3 rings (SSSR count). The number of nitro groups is 1. The summed E-state index contributed by atoms with van der Waals surface area (Å²) in [5, 5.41) is 14.8. The fraction of sp³-hybridized carbons (Fsp3) is 0.143. The van der Waals surface area contributed by atoms with Crippen LogP contribution < -0.4 is 5.32 Å². The molecule has 0 radical (unpaired) electrons. The van der Waals surface area contributed by atoms with Gasteiger partial charge in [0.15, 0.2) is 5.13 Å². The Bertz CT molecular complexity index is 879. The van der Waals surface area contributed by atoms with E-state index in [1.165, 1.54) is 34.8 Å². The number of benzene rings is 1. The van der Waals surface area contributed by atoms with E-state index in [4.69, 9.17) is 0 Å². The second-order valence-electron chi connectivity index (χ2n) is 4.70. The van der Waals surface area contributed by atoms with E-state index in [2.05, 4.69) is 10.3 Å². The van der Waals surface area contributed by atoms with Crippen molar-refractivity contribution in [3.05, 3.63) is 49.8 Å². The van der Waals surface area contributed by atoms with Crippen molar-refractivity contribution in [2.24, 2.45) is 0 Å². The zero-order chi connectivity index (χ0) is 15.9. The highest BCUT2D eigenvalue weighted by Crippen LogP contribution is 2.30. The van der Waals surface area contributed by atoms with Crippen LogP contribution >= 0.6 is 22.7 Å². The third kappa shape index (κ3) is 2.70. The van der Waals surface area contributed by atoms with E-state index in [0.29, 0.717) is 15.4 Å². The second kappa shape index (κ2) is 5.47. The monoisotopic (exact) mass is 333 g/mol. The molecule has 1 aromatic carbocycles. The quantitative estimate of drug-likeness (QED) is 0.577. The number of aryl methyl sites for hydroxylation is 2. The van der Waals surface area contributed by atoms with Gasteiger partial charge in [0.05, 0.1) is 15.5 Å². The van der Waals surface area contributed by atoms with Crippen LogP contribution in [0.15, 0.2) is 24.3 Å². The smallest absolute Gasteiger partial charge is 0.270 e. The van der Waals surface area contributed by atoms with E-state index in [0.717, 1.165) is 15.3 Å². The zero-order valence-corrected chi connectivity index (χ0v) is 13.4. The molecule has 0 saturated heterocycles. The minimum absolute atomic E-state index is 0.0171. The molecule has 0 spiro atoms. The Labute approximate surface area is 133 Å². The van der Waals surface area contributed by atoms with Gasteiger partial charge in [-0.05, 0) is 26.0 Å². The zero-order valence-electron chi connectivity index (χ0n) is 11.7. The average molecular weight is 333 g/mol. The molecule has 0 atom stereocenters. The highest BCUT2D eigenvalue weighted by atomic mass is 32.1. The number of thiazole rings is 1. The third-order valence-electron chi connectivity index (χ3n) is 3.18. The number of amides is 1. The van der Waals surface area contributed by atoms with Crippen LogP contribution in [0.25, 0.3) is 10.1 Å². The molecule has 0 fully saturated rings. The molecule has 6 nitrogen and oxygen atoms in total. The van der Waals surface area contributed by atoms with Gasteiger partial charge >= 0.3 is 0 Å². The number of aromatic nitrogens is 1. The van der Waals surface area contributed by atoms with Crippen LogP contribution in [0.3, 0.4) is 0 Å². The lowest BCUT2D eigenvalue weighted by molar-refractivity contribution is -0.384. The fourth-order valence-corrected chi connectivity index (χ4v) is 3.69. The number of hydrogen-bond acceptors (Lipinski definition) is 6. The average Bonchev–Trinajstić information content (AvgIpc) is 3.01. The van der Waals surface area contributed by atoms with Gasteiger partial charge < -0.3 is 0 Å². The molecular weight excluding hydrogens is 322 g/mol. The van der Waals surface area contributed by atoms with E-state index in [1.807, 2.05) is 13.8 Å². The van der Waals surface area contributed by atoms with Gasteiger partial charge in [0.25, 0.3) is 11.6 Å². The first kappa shape index (κ1) is 14.6. The fourth-order valence-electron chi connectivity index (χ4n) is 1.94. The minimum Gasteiger partial charge on any atom is -0.297 e. The first-order valence-electron chi connectivity index (χ1n) is 6.37. The summed E-state index contributed by atoms with van der Waals surface area (Å²) in [6.07, 6.45) is 0. The molecule has 0 saturated carbocycles. The van der Waals surface area contributed by atoms with Crippen LogP contribution in [0.5, 0.6) is 0 Å². The highest BCUT2D eigenvalue weighted by molar-refractivity contribution is 7.21. The van der Waals surface area contributed by atoms with Gasteiger partial charge in [-0.25, -0.2) is 4.98 Å². The summed E-state index contributed by atoms with van der Waals surface area (Å²) in [5.74, 6) is -0.252. The molecule has 3 aromatic rings. The molecule has 1 amide bonds. The second-order valence-corrected chi connectivity index (χ2v) is 6.99. The Morgan fingerprint density at radius 2 is 2.05 bits per heavy atom. The first-order chi connectivity index (χ1) is 10.4. The molecule has 0 aliphatic rings. The van der Waals surface area contributed by atoms with Crippen molar-refractivity contribution in [2.45, 2.75) is 13.8 Å². The third-order valence-corrected chi connectivity index (χ3v) is 5.29. The standard InChI is InChI=1S/C14H11N3O3S2/c1-7-8(2)21-14(15-7)16-13(18)12-6-9-5-10(17(19)20)3-4-11(9)22-12/h3-6H,1-2H3,(H,15,16,18). The normalized spacial score (nSPS) is 10.8. The van der Waals surface area contributed by atoms with Crippen molar-refractivity contribution in [1.82, 2.24) is 4.98 Å². The van der Waals surface area contributed by atoms with Crippen molar-refractivity contribution in [3.8, 4) is 0 Å². The van der Waals surface area contributed by atoms with E-state index >= 15 is 0 Å². The van der Waals surface area contributed by atoms with Crippen LogP contribution in [0.4, 0.5) is 10.8 Å². The number of nitro benzene ring substituents is 1. The van der Waals surface area contributed by atoms with Crippen molar-refractivity contribution in [1.29, 1.82) is 0 Å². The Balaban J connectivity index is 1.89. The van der Waals surface area contributed by atoms with Gasteiger partial charge in [-0.3, -0.25) is 20.2 Å². The molecule has 0 bridgehead atoms. The molecule has 2 heterocycles. The van der Waals surface area contributed by atoms with Gasteiger partial charge in [0, 0.05) is 27.1 Å². The minimum atomic E-state index is -0.446. The SMILES string of the molecule is Cc1nc(NC(=O)c2cc3cc([N+](=O)[O-])ccc3s2)sc1C. The number of thiophene rings is 1. The Morgan fingerprint density at radius 3 is 2.68 bits per heavy atom. The predicted molar refractivity (Wildman–Crippen MR) is 88.0 cm³/mol. The highest BCUT2D eigenvalue weighted by Gasteiger charge is 2.15. The van der Waals surface area contributed by atoms with E-state index in [1.54, 1.807) is 12.1 Å². The first-order valence-corrected chi connectivity index (χ1v) is 8.00. The van der Waals surface area contributed by atoms with Gasteiger partial charge in [-0.15, -0.1) is 22.7 Å². The van der Waals surface area contributed by atoms with Crippen LogP contribution in [0.1, 0.15) is 20.2 Å². The Kier molecular flexibility index (Phi) is 3.63. The number of hydrogen-bond donors (Lipinski definition) is 1. The number of nitrogens with zero attached hydrogens (tertiary/aromatic N) is 2. The molecule has 2 aromatic heterocycles. The topological polar surface area (TPSA) is 85.1 Å². The molecule has 0 aliphatic carbocycles. The molecule has 0 aliphatic heterocycles. The maximum Gasteiger partial charge on any atom is 0.270 e. The summed E-state index contributed by atoms with van der Waals surface area (Å²) in [4.78, 5) is 28.4. The van der Waals surface area contributed by atoms with Crippen LogP contribution in [-0.2, 0) is 0 Å². The number of carbonyl (C=O) groups is 1. The summed E-state index contributed by atoms with van der Waals surface area (Å²) in [5.41, 5.74) is 0.913. The van der Waals surface area contributed by atoms with Gasteiger partial charge in [-0.1, -0.05) is 0 Å². The predicted octanol–water partition coefficient (Wildman–Crippen LogP) is 4.14. The summed E-state index contributed by atoms with van der Waals surface area (Å²) in [7, 11) is 0.